The molecule has 0 atom stereocenters. The normalized spacial score (nSPS) is 10.8. The van der Waals surface area contributed by atoms with E-state index in [1.54, 1.807) is 0 Å². The van der Waals surface area contributed by atoms with E-state index in [0.717, 1.165) is 31.8 Å². The van der Waals surface area contributed by atoms with Gasteiger partial charge in [0, 0.05) is 11.2 Å². The third-order valence-electron chi connectivity index (χ3n) is 3.42. The SMILES string of the molecule is N=C(N)c1cc2ccc(OCc3ccc(CN)cc3)cc2s1. The van der Waals surface area contributed by atoms with E-state index in [2.05, 4.69) is 0 Å². The largest absolute Gasteiger partial charge is 0.489 e. The molecule has 0 fully saturated rings. The van der Waals surface area contributed by atoms with Gasteiger partial charge in [0.25, 0.3) is 0 Å². The highest BCUT2D eigenvalue weighted by Gasteiger charge is 2.05. The Bertz CT molecular complexity index is 808. The van der Waals surface area contributed by atoms with Crippen LogP contribution in [0.25, 0.3) is 10.1 Å². The summed E-state index contributed by atoms with van der Waals surface area (Å²) in [6, 6.07) is 15.9. The van der Waals surface area contributed by atoms with Gasteiger partial charge in [0.1, 0.15) is 18.2 Å². The standard InChI is InChI=1S/C17H17N3OS/c18-9-11-1-3-12(4-2-11)10-21-14-6-5-13-7-16(17(19)20)22-15(13)8-14/h1-8H,9-10,18H2,(H3,19,20). The first-order chi connectivity index (χ1) is 10.7. The molecule has 0 saturated heterocycles. The second kappa shape index (κ2) is 6.17. The second-order valence-electron chi connectivity index (χ2n) is 5.03. The molecule has 2 aromatic carbocycles. The average molecular weight is 311 g/mol. The predicted octanol–water partition coefficient (Wildman–Crippen LogP) is 3.22. The van der Waals surface area contributed by atoms with Crippen molar-refractivity contribution in [1.29, 1.82) is 5.41 Å². The lowest BCUT2D eigenvalue weighted by Crippen LogP contribution is -2.08. The van der Waals surface area contributed by atoms with Gasteiger partial charge in [-0.3, -0.25) is 5.41 Å². The van der Waals surface area contributed by atoms with E-state index in [1.807, 2.05) is 48.5 Å². The summed E-state index contributed by atoms with van der Waals surface area (Å²) in [7, 11) is 0. The number of nitrogen functional groups attached to an aromatic ring is 1. The van der Waals surface area contributed by atoms with Gasteiger partial charge in [0.2, 0.25) is 0 Å². The van der Waals surface area contributed by atoms with Crippen molar-refractivity contribution in [3.8, 4) is 5.75 Å². The Morgan fingerprint density at radius 1 is 1.05 bits per heavy atom. The van der Waals surface area contributed by atoms with Gasteiger partial charge >= 0.3 is 0 Å². The summed E-state index contributed by atoms with van der Waals surface area (Å²) in [4.78, 5) is 0.782. The number of amidine groups is 1. The van der Waals surface area contributed by atoms with Gasteiger partial charge in [-0.1, -0.05) is 24.3 Å². The number of ether oxygens (including phenoxy) is 1. The van der Waals surface area contributed by atoms with Crippen LogP contribution in [0.1, 0.15) is 16.0 Å². The number of nitrogens with one attached hydrogen (secondary N) is 1. The number of hydrogen-bond donors (Lipinski definition) is 3. The van der Waals surface area contributed by atoms with Crippen molar-refractivity contribution in [2.75, 3.05) is 0 Å². The molecule has 112 valence electrons. The van der Waals surface area contributed by atoms with Crippen LogP contribution >= 0.6 is 11.3 Å². The molecule has 1 heterocycles. The van der Waals surface area contributed by atoms with E-state index in [1.165, 1.54) is 11.3 Å². The highest BCUT2D eigenvalue weighted by Crippen LogP contribution is 2.29. The third kappa shape index (κ3) is 3.10. The summed E-state index contributed by atoms with van der Waals surface area (Å²) in [5, 5.41) is 8.57. The van der Waals surface area contributed by atoms with E-state index in [0.29, 0.717) is 13.2 Å². The van der Waals surface area contributed by atoms with Crippen LogP contribution in [0.5, 0.6) is 5.75 Å². The van der Waals surface area contributed by atoms with Gasteiger partial charge in [-0.2, -0.15) is 0 Å². The Balaban J connectivity index is 1.74. The maximum atomic E-state index is 7.50. The summed E-state index contributed by atoms with van der Waals surface area (Å²) < 4.78 is 6.90. The van der Waals surface area contributed by atoms with E-state index < -0.39 is 0 Å². The Hall–Kier alpha value is -2.37. The third-order valence-corrected chi connectivity index (χ3v) is 4.55. The van der Waals surface area contributed by atoms with Crippen molar-refractivity contribution in [3.63, 3.8) is 0 Å². The minimum Gasteiger partial charge on any atom is -0.489 e. The van der Waals surface area contributed by atoms with Crippen LogP contribution < -0.4 is 16.2 Å². The monoisotopic (exact) mass is 311 g/mol. The molecule has 4 nitrogen and oxygen atoms in total. The van der Waals surface area contributed by atoms with Gasteiger partial charge in [-0.05, 0) is 40.8 Å². The van der Waals surface area contributed by atoms with E-state index in [4.69, 9.17) is 21.6 Å². The van der Waals surface area contributed by atoms with Gasteiger partial charge in [-0.25, -0.2) is 0 Å². The molecule has 0 amide bonds. The summed E-state index contributed by atoms with van der Waals surface area (Å²) in [5.74, 6) is 0.913. The fraction of sp³-hybridized carbons (Fsp3) is 0.118. The lowest BCUT2D eigenvalue weighted by molar-refractivity contribution is 0.306. The fourth-order valence-electron chi connectivity index (χ4n) is 2.17. The summed E-state index contributed by atoms with van der Waals surface area (Å²) in [6.07, 6.45) is 0. The molecule has 1 aromatic heterocycles. The molecule has 0 bridgehead atoms. The van der Waals surface area contributed by atoms with Crippen LogP contribution in [0.4, 0.5) is 0 Å². The van der Waals surface area contributed by atoms with Crippen LogP contribution in [0.3, 0.4) is 0 Å². The van der Waals surface area contributed by atoms with Crippen molar-refractivity contribution in [3.05, 3.63) is 64.5 Å². The maximum absolute atomic E-state index is 7.50. The predicted molar refractivity (Wildman–Crippen MR) is 91.5 cm³/mol. The number of rotatable bonds is 5. The number of nitrogens with two attached hydrogens (primary N) is 2. The Labute approximate surface area is 132 Å². The zero-order valence-electron chi connectivity index (χ0n) is 12.0. The van der Waals surface area contributed by atoms with Crippen LogP contribution in [-0.2, 0) is 13.2 Å². The van der Waals surface area contributed by atoms with Crippen LogP contribution in [0, 0.1) is 5.41 Å². The summed E-state index contributed by atoms with van der Waals surface area (Å²) in [5.41, 5.74) is 13.3. The van der Waals surface area contributed by atoms with E-state index >= 15 is 0 Å². The zero-order chi connectivity index (χ0) is 15.5. The summed E-state index contributed by atoms with van der Waals surface area (Å²) >= 11 is 1.50. The summed E-state index contributed by atoms with van der Waals surface area (Å²) in [6.45, 7) is 1.07. The molecule has 0 radical (unpaired) electrons. The second-order valence-corrected chi connectivity index (χ2v) is 6.12. The Morgan fingerprint density at radius 3 is 2.45 bits per heavy atom. The topological polar surface area (TPSA) is 85.1 Å². The Morgan fingerprint density at radius 2 is 1.77 bits per heavy atom. The van der Waals surface area contributed by atoms with E-state index in [9.17, 15) is 0 Å². The van der Waals surface area contributed by atoms with Crippen LogP contribution in [-0.4, -0.2) is 5.84 Å². The minimum atomic E-state index is 0.101. The highest BCUT2D eigenvalue weighted by atomic mass is 32.1. The minimum absolute atomic E-state index is 0.101. The van der Waals surface area contributed by atoms with Crippen molar-refractivity contribution in [2.24, 2.45) is 11.5 Å². The molecular formula is C17H17N3OS. The van der Waals surface area contributed by atoms with Crippen molar-refractivity contribution in [1.82, 2.24) is 0 Å². The molecular weight excluding hydrogens is 294 g/mol. The van der Waals surface area contributed by atoms with Crippen molar-refractivity contribution in [2.45, 2.75) is 13.2 Å². The molecule has 0 aliphatic carbocycles. The number of fused-ring (bicyclic) bond motifs is 1. The lowest BCUT2D eigenvalue weighted by Gasteiger charge is -2.07. The van der Waals surface area contributed by atoms with Gasteiger partial charge < -0.3 is 16.2 Å². The van der Waals surface area contributed by atoms with Gasteiger partial charge in [-0.15, -0.1) is 11.3 Å². The molecule has 3 rings (SSSR count). The number of benzene rings is 2. The lowest BCUT2D eigenvalue weighted by atomic mass is 10.1. The molecule has 0 saturated carbocycles. The van der Waals surface area contributed by atoms with Crippen molar-refractivity contribution >= 4 is 27.3 Å². The number of thiophene rings is 1. The number of hydrogen-bond acceptors (Lipinski definition) is 4. The first-order valence-electron chi connectivity index (χ1n) is 6.94. The fourth-order valence-corrected chi connectivity index (χ4v) is 3.12. The van der Waals surface area contributed by atoms with Crippen LogP contribution in [0.2, 0.25) is 0 Å². The van der Waals surface area contributed by atoms with Gasteiger partial charge in [0.15, 0.2) is 0 Å². The smallest absolute Gasteiger partial charge is 0.133 e. The molecule has 5 N–H and O–H groups in total. The quantitative estimate of drug-likeness (QED) is 0.499. The maximum Gasteiger partial charge on any atom is 0.133 e. The zero-order valence-corrected chi connectivity index (χ0v) is 12.8. The Kier molecular flexibility index (Phi) is 4.09. The van der Waals surface area contributed by atoms with Crippen LogP contribution in [0.15, 0.2) is 48.5 Å². The molecule has 0 aliphatic heterocycles. The van der Waals surface area contributed by atoms with Crippen molar-refractivity contribution < 1.29 is 4.74 Å². The highest BCUT2D eigenvalue weighted by molar-refractivity contribution is 7.20. The van der Waals surface area contributed by atoms with E-state index in [-0.39, 0.29) is 5.84 Å². The molecule has 5 heteroatoms. The van der Waals surface area contributed by atoms with Gasteiger partial charge in [0.05, 0.1) is 4.88 Å². The first kappa shape index (κ1) is 14.6. The molecule has 0 unspecified atom stereocenters. The first-order valence-corrected chi connectivity index (χ1v) is 7.76. The molecule has 0 spiro atoms. The average Bonchev–Trinajstić information content (AvgIpc) is 2.97. The molecule has 3 aromatic rings. The molecule has 0 aliphatic rings. The molecule has 22 heavy (non-hydrogen) atoms.